The smallest absolute Gasteiger partial charge is 0.0625 e. The maximum atomic E-state index is 9.20. The molecule has 0 spiro atoms. The monoisotopic (exact) mass is 1820 g/mol. The summed E-state index contributed by atoms with van der Waals surface area (Å²) < 4.78 is 66.7. The summed E-state index contributed by atoms with van der Waals surface area (Å²) in [6.45, 7) is 70.4. The van der Waals surface area contributed by atoms with Crippen molar-refractivity contribution in [2.75, 3.05) is 0 Å². The van der Waals surface area contributed by atoms with Gasteiger partial charge in [0.2, 0.25) is 0 Å². The zero-order valence-electron chi connectivity index (χ0n) is 99.8. The van der Waals surface area contributed by atoms with E-state index >= 15 is 0 Å². The van der Waals surface area contributed by atoms with E-state index in [0.717, 1.165) is 74.2 Å². The first kappa shape index (κ1) is 100.0. The molecule has 9 aromatic rings. The third kappa shape index (κ3) is 35.7. The third-order valence-electron chi connectivity index (χ3n) is 28.7. The van der Waals surface area contributed by atoms with Crippen LogP contribution in [0.1, 0.15) is 554 Å². The molecule has 9 aromatic carbocycles. The van der Waals surface area contributed by atoms with Crippen LogP contribution in [0.2, 0.25) is 0 Å². The van der Waals surface area contributed by atoms with Gasteiger partial charge in [0.15, 0.2) is 0 Å². The van der Waals surface area contributed by atoms with E-state index in [0.29, 0.717) is 16.9 Å². The highest BCUT2D eigenvalue weighted by molar-refractivity contribution is 5.68. The first-order valence-electron chi connectivity index (χ1n) is 58.0. The molecule has 0 N–H and O–H groups in total. The zero-order valence-corrected chi connectivity index (χ0v) is 91.8. The van der Waals surface area contributed by atoms with Crippen LogP contribution in [-0.2, 0) is 56.2 Å². The fraction of sp³-hybridized carbons (Fsp3) is 0.597. The summed E-state index contributed by atoms with van der Waals surface area (Å²) in [6.07, 6.45) is 40.6. The Hall–Kier alpha value is -7.02. The Bertz CT molecular complexity index is 5230. The fourth-order valence-electron chi connectivity index (χ4n) is 22.3. The SMILES string of the molecule is CC(C)(C)Cc1ccccc1C(C)(C)C.CC(C)(C)c1c(C2CCCCC2)cccc1C1CCCCC1.CC(C)(C)c1ccccc1C1CCCCC1.CC(C)Cc1ccccc1C(C)(C)C.CC(C)c1ccccc1C(C)(C)C.[2H]C1(c2cccc(C3([2H])CCCCC3)c2C(C)(C)C)CCCCC1.[2H]C1(c2ccccc2C(C)(C)C)CCCCC1.[2H]c1c([2H])c([2H])c(-c2ccccc2C(C)(C)C)c([2H])c1[2H]. The molecule has 6 fully saturated rings. The first-order valence-corrected chi connectivity index (χ1v) is 54.0. The molecule has 15 rings (SSSR count). The number of hydrogen-bond donors (Lipinski definition) is 0. The summed E-state index contributed by atoms with van der Waals surface area (Å²) in [6, 6.07) is 64.1. The van der Waals surface area contributed by atoms with Crippen molar-refractivity contribution in [3.63, 3.8) is 0 Å². The highest BCUT2D eigenvalue weighted by Crippen LogP contribution is 2.49. The summed E-state index contributed by atoms with van der Waals surface area (Å²) in [7, 11) is 0. The van der Waals surface area contributed by atoms with E-state index < -0.39 is 11.8 Å². The zero-order chi connectivity index (χ0) is 106. The lowest BCUT2D eigenvalue weighted by Crippen LogP contribution is -2.22. The molecular weight excluding hydrogens is 1610 g/mol. The molecule has 0 saturated heterocycles. The molecule has 0 radical (unpaired) electrons. The minimum atomic E-state index is -0.443. The maximum absolute atomic E-state index is 9.20. The van der Waals surface area contributed by atoms with Gasteiger partial charge in [-0.15, -0.1) is 0 Å². The molecule has 0 unspecified atom stereocenters. The second-order valence-corrected chi connectivity index (χ2v) is 51.1. The van der Waals surface area contributed by atoms with Crippen LogP contribution in [0.5, 0.6) is 0 Å². The van der Waals surface area contributed by atoms with Gasteiger partial charge >= 0.3 is 0 Å². The highest BCUT2D eigenvalue weighted by Gasteiger charge is 2.34. The van der Waals surface area contributed by atoms with Crippen molar-refractivity contribution in [3.05, 3.63) is 307 Å². The van der Waals surface area contributed by atoms with Crippen molar-refractivity contribution < 1.29 is 11.0 Å². The molecule has 0 heteroatoms. The molecule has 0 bridgehead atoms. The Balaban J connectivity index is 0.000000200. The standard InChI is InChI=1S/2C22H34.2C16H24.C16H18.C15H24.C14H22.C13H20/c2*1-22(2,3)21-19(17-11-6-4-7-12-17)15-10-16-20(21)18-13-8-5-9-14-18;3*1-16(2,3)15-12-8-7-11-14(15)13-9-5-4-6-10-13;1-14(2,3)11-12-9-7-8-10-13(12)15(4,5)6;1-11(2)10-12-8-6-7-9-13(12)14(3,4)5;1-10(2)11-8-6-7-9-12(11)13(3,4)5/h2*10,15-18H,4-9,11-14H2,1-3H3;2*7-8,11-13H,4-6,9-10H2,1-3H3;4-12H,1-3H3;7-10H,11H2,1-6H3;6-9,11H,10H2,1-5H3;6-10H,1-5H3/i17D,18D;;13D;;4D,5D,6D,9D,10D;;;. The second kappa shape index (κ2) is 51.8. The van der Waals surface area contributed by atoms with Crippen LogP contribution in [0.3, 0.4) is 0 Å². The average molecular weight is 1820 g/mol. The van der Waals surface area contributed by atoms with Crippen molar-refractivity contribution >= 4 is 0 Å². The first-order chi connectivity index (χ1) is 66.1. The van der Waals surface area contributed by atoms with E-state index in [9.17, 15) is 2.74 Å². The van der Waals surface area contributed by atoms with Gasteiger partial charge in [-0.25, -0.2) is 0 Å². The van der Waals surface area contributed by atoms with E-state index in [4.69, 9.17) is 8.22 Å². The Labute approximate surface area is 839 Å². The normalized spacial score (nSPS) is 18.5. The predicted octanol–water partition coefficient (Wildman–Crippen LogP) is 41.7. The predicted molar refractivity (Wildman–Crippen MR) is 597 cm³/mol. The topological polar surface area (TPSA) is 0 Å². The summed E-state index contributed by atoms with van der Waals surface area (Å²) in [5, 5.41) is 0. The lowest BCUT2D eigenvalue weighted by atomic mass is 9.70. The van der Waals surface area contributed by atoms with Gasteiger partial charge in [-0.1, -0.05) is 542 Å². The minimum Gasteiger partial charge on any atom is -0.0625 e. The highest BCUT2D eigenvalue weighted by atomic mass is 14.4. The van der Waals surface area contributed by atoms with E-state index in [1.165, 1.54) is 222 Å². The van der Waals surface area contributed by atoms with E-state index in [2.05, 4.69) is 352 Å². The molecule has 0 atom stereocenters. The fourth-order valence-corrected chi connectivity index (χ4v) is 22.3. The van der Waals surface area contributed by atoms with E-state index in [-0.39, 0.29) is 85.0 Å². The van der Waals surface area contributed by atoms with Gasteiger partial charge < -0.3 is 0 Å². The molecule has 0 nitrogen and oxygen atoms in total. The molecule has 6 aliphatic rings. The molecule has 0 heterocycles. The van der Waals surface area contributed by atoms with Crippen LogP contribution in [0.4, 0.5) is 0 Å². The van der Waals surface area contributed by atoms with Crippen molar-refractivity contribution in [1.29, 1.82) is 0 Å². The lowest BCUT2D eigenvalue weighted by molar-refractivity contribution is 0.406. The van der Waals surface area contributed by atoms with Crippen LogP contribution < -0.4 is 0 Å². The third-order valence-corrected chi connectivity index (χ3v) is 28.7. The Morgan fingerprint density at radius 1 is 0.254 bits per heavy atom. The molecule has 736 valence electrons. The second-order valence-electron chi connectivity index (χ2n) is 51.1. The Morgan fingerprint density at radius 2 is 0.530 bits per heavy atom. The Morgan fingerprint density at radius 3 is 0.888 bits per heavy atom. The number of hydrogen-bond acceptors (Lipinski definition) is 0. The van der Waals surface area contributed by atoms with E-state index in [1.807, 2.05) is 45.0 Å². The summed E-state index contributed by atoms with van der Waals surface area (Å²) in [4.78, 5) is 0. The molecule has 0 aromatic heterocycles. The molecule has 0 amide bonds. The van der Waals surface area contributed by atoms with E-state index in [1.54, 1.807) is 27.8 Å². The van der Waals surface area contributed by atoms with Crippen LogP contribution >= 0.6 is 0 Å². The van der Waals surface area contributed by atoms with Crippen LogP contribution in [0, 0.1) is 11.3 Å². The Kier molecular flexibility index (Phi) is 38.6. The van der Waals surface area contributed by atoms with Crippen LogP contribution in [0.25, 0.3) is 11.1 Å². The lowest BCUT2D eigenvalue weighted by Gasteiger charge is -2.35. The van der Waals surface area contributed by atoms with Gasteiger partial charge in [0.1, 0.15) is 0 Å². The molecule has 6 saturated carbocycles. The number of rotatable bonds is 11. The van der Waals surface area contributed by atoms with Gasteiger partial charge in [0.25, 0.3) is 0 Å². The molecule has 134 heavy (non-hydrogen) atoms. The maximum Gasteiger partial charge on any atom is 0.0629 e. The van der Waals surface area contributed by atoms with Gasteiger partial charge in [-0.2, -0.15) is 0 Å². The minimum absolute atomic E-state index is 0.0110. The summed E-state index contributed by atoms with van der Waals surface area (Å²) in [5.74, 6) is 2.61. The average Bonchev–Trinajstić information content (AvgIpc) is 0.758. The van der Waals surface area contributed by atoms with Gasteiger partial charge in [-0.3, -0.25) is 0 Å². The summed E-state index contributed by atoms with van der Waals surface area (Å²) in [5.41, 5.74) is 27.2. The largest absolute Gasteiger partial charge is 0.0629 e. The molecule has 6 aliphatic carbocycles. The van der Waals surface area contributed by atoms with Gasteiger partial charge in [0, 0.05) is 4.11 Å². The quantitative estimate of drug-likeness (QED) is 0.121. The van der Waals surface area contributed by atoms with Crippen LogP contribution in [0.15, 0.2) is 212 Å². The van der Waals surface area contributed by atoms with Crippen molar-refractivity contribution in [2.24, 2.45) is 11.3 Å². The van der Waals surface area contributed by atoms with Crippen LogP contribution in [-0.4, -0.2) is 0 Å². The molecular formula is C134H200. The van der Waals surface area contributed by atoms with Crippen molar-refractivity contribution in [3.8, 4) is 11.1 Å². The van der Waals surface area contributed by atoms with Gasteiger partial charge in [0.05, 0.1) is 6.85 Å². The van der Waals surface area contributed by atoms with Crippen molar-refractivity contribution in [2.45, 2.75) is 505 Å². The molecule has 0 aliphatic heterocycles. The summed E-state index contributed by atoms with van der Waals surface area (Å²) >= 11 is 0. The number of benzene rings is 9. The van der Waals surface area contributed by atoms with Gasteiger partial charge in [-0.05, 0) is 292 Å². The van der Waals surface area contributed by atoms with Crippen molar-refractivity contribution in [1.82, 2.24) is 0 Å².